The number of nitrogens with zero attached hydrogens (tertiary/aromatic N) is 1. The van der Waals surface area contributed by atoms with Gasteiger partial charge in [-0.25, -0.2) is 0 Å². The van der Waals surface area contributed by atoms with Crippen LogP contribution in [0.4, 0.5) is 0 Å². The van der Waals surface area contributed by atoms with Gasteiger partial charge in [-0.05, 0) is 55.0 Å². The fourth-order valence-corrected chi connectivity index (χ4v) is 3.51. The van der Waals surface area contributed by atoms with Crippen LogP contribution < -0.4 is 10.1 Å². The summed E-state index contributed by atoms with van der Waals surface area (Å²) in [4.78, 5) is 28.1. The second-order valence-corrected chi connectivity index (χ2v) is 7.65. The first kappa shape index (κ1) is 19.2. The quantitative estimate of drug-likeness (QED) is 0.709. The van der Waals surface area contributed by atoms with Gasteiger partial charge in [0.05, 0.1) is 13.7 Å². The molecule has 0 bridgehead atoms. The molecule has 1 aliphatic rings. The van der Waals surface area contributed by atoms with Gasteiger partial charge in [-0.2, -0.15) is 0 Å². The number of hydrogen-bond donors (Lipinski definition) is 1. The molecule has 1 aromatic carbocycles. The van der Waals surface area contributed by atoms with Crippen molar-refractivity contribution in [2.45, 2.75) is 38.4 Å². The van der Waals surface area contributed by atoms with E-state index in [0.29, 0.717) is 12.6 Å². The molecule has 1 fully saturated rings. The fraction of sp³-hybridized carbons (Fsp3) is 0.333. The van der Waals surface area contributed by atoms with Crippen LogP contribution >= 0.6 is 11.3 Å². The number of benzene rings is 1. The number of rotatable bonds is 8. The molecule has 1 saturated carbocycles. The Hall–Kier alpha value is -2.60. The van der Waals surface area contributed by atoms with Crippen LogP contribution in [-0.2, 0) is 16.1 Å². The van der Waals surface area contributed by atoms with Crippen molar-refractivity contribution in [3.05, 3.63) is 58.3 Å². The van der Waals surface area contributed by atoms with Crippen LogP contribution in [0.1, 0.15) is 30.2 Å². The van der Waals surface area contributed by atoms with Gasteiger partial charge in [0.1, 0.15) is 11.8 Å². The third-order valence-electron chi connectivity index (χ3n) is 4.45. The topological polar surface area (TPSA) is 58.6 Å². The average Bonchev–Trinajstić information content (AvgIpc) is 3.39. The molecule has 2 aromatic rings. The molecule has 0 radical (unpaired) electrons. The van der Waals surface area contributed by atoms with Crippen LogP contribution in [-0.4, -0.2) is 35.9 Å². The molecule has 3 rings (SSSR count). The van der Waals surface area contributed by atoms with Gasteiger partial charge in [-0.1, -0.05) is 18.2 Å². The summed E-state index contributed by atoms with van der Waals surface area (Å²) in [6.45, 7) is 2.36. The molecule has 142 valence electrons. The number of carbonyl (C=O) groups excluding carboxylic acids is 2. The van der Waals surface area contributed by atoms with Crippen molar-refractivity contribution in [1.29, 1.82) is 0 Å². The second kappa shape index (κ2) is 8.86. The maximum atomic E-state index is 12.8. The second-order valence-electron chi connectivity index (χ2n) is 6.61. The molecule has 1 heterocycles. The Kier molecular flexibility index (Phi) is 6.29. The molecule has 1 N–H and O–H groups in total. The number of carbonyl (C=O) groups is 2. The lowest BCUT2D eigenvalue weighted by Gasteiger charge is -2.25. The van der Waals surface area contributed by atoms with Gasteiger partial charge in [0.2, 0.25) is 11.8 Å². The van der Waals surface area contributed by atoms with Crippen LogP contribution in [0.15, 0.2) is 47.9 Å². The zero-order valence-electron chi connectivity index (χ0n) is 15.6. The van der Waals surface area contributed by atoms with E-state index in [1.807, 2.05) is 46.7 Å². The minimum atomic E-state index is -0.557. The monoisotopic (exact) mass is 384 g/mol. The van der Waals surface area contributed by atoms with Gasteiger partial charge in [-0.15, -0.1) is 11.3 Å². The summed E-state index contributed by atoms with van der Waals surface area (Å²) in [5.41, 5.74) is 0.891. The van der Waals surface area contributed by atoms with Crippen molar-refractivity contribution in [3.63, 3.8) is 0 Å². The summed E-state index contributed by atoms with van der Waals surface area (Å²) < 4.78 is 5.11. The van der Waals surface area contributed by atoms with Gasteiger partial charge in [-0.3, -0.25) is 9.59 Å². The lowest BCUT2D eigenvalue weighted by atomic mass is 10.2. The van der Waals surface area contributed by atoms with E-state index in [1.54, 1.807) is 31.4 Å². The van der Waals surface area contributed by atoms with Crippen molar-refractivity contribution >= 4 is 29.2 Å². The predicted octanol–water partition coefficient (Wildman–Crippen LogP) is 3.47. The highest BCUT2D eigenvalue weighted by Gasteiger charge is 2.34. The summed E-state index contributed by atoms with van der Waals surface area (Å²) >= 11 is 1.65. The first-order valence-corrected chi connectivity index (χ1v) is 9.90. The van der Waals surface area contributed by atoms with Gasteiger partial charge in [0, 0.05) is 17.0 Å². The molecule has 6 heteroatoms. The van der Waals surface area contributed by atoms with Crippen LogP contribution in [0.5, 0.6) is 5.75 Å². The highest BCUT2D eigenvalue weighted by atomic mass is 32.1. The zero-order valence-corrected chi connectivity index (χ0v) is 16.4. The molecular weight excluding hydrogens is 360 g/mol. The number of thiophene rings is 1. The minimum absolute atomic E-state index is 0.0305. The minimum Gasteiger partial charge on any atom is -0.497 e. The third-order valence-corrected chi connectivity index (χ3v) is 5.31. The molecule has 27 heavy (non-hydrogen) atoms. The summed E-state index contributed by atoms with van der Waals surface area (Å²) in [5, 5.41) is 4.79. The van der Waals surface area contributed by atoms with Crippen LogP contribution in [0.3, 0.4) is 0 Å². The Morgan fingerprint density at radius 1 is 1.30 bits per heavy atom. The average molecular weight is 385 g/mol. The van der Waals surface area contributed by atoms with Gasteiger partial charge in [0.25, 0.3) is 0 Å². The Bertz CT molecular complexity index is 795. The smallest absolute Gasteiger partial charge is 0.245 e. The SMILES string of the molecule is COc1ccc(/C=C/C(=O)NC(C)C(=O)N(Cc2cccs2)C2CC2)cc1. The lowest BCUT2D eigenvalue weighted by molar-refractivity contribution is -0.136. The summed E-state index contributed by atoms with van der Waals surface area (Å²) in [5.74, 6) is 0.456. The first-order valence-electron chi connectivity index (χ1n) is 9.02. The van der Waals surface area contributed by atoms with Crippen molar-refractivity contribution in [2.24, 2.45) is 0 Å². The molecule has 0 aliphatic heterocycles. The number of ether oxygens (including phenoxy) is 1. The van der Waals surface area contributed by atoms with Crippen molar-refractivity contribution in [3.8, 4) is 5.75 Å². The molecule has 0 saturated heterocycles. The number of nitrogens with one attached hydrogen (secondary N) is 1. The van der Waals surface area contributed by atoms with E-state index in [2.05, 4.69) is 5.32 Å². The number of hydrogen-bond acceptors (Lipinski definition) is 4. The Morgan fingerprint density at radius 2 is 2.04 bits per heavy atom. The number of methoxy groups -OCH3 is 1. The standard InChI is InChI=1S/C21H24N2O3S/c1-15(21(25)23(17-8-9-17)14-19-4-3-13-27-19)22-20(24)12-7-16-5-10-18(26-2)11-6-16/h3-7,10-13,15,17H,8-9,14H2,1-2H3,(H,22,24)/b12-7+. The normalized spacial score (nSPS) is 14.7. The molecule has 5 nitrogen and oxygen atoms in total. The molecule has 1 atom stereocenters. The largest absolute Gasteiger partial charge is 0.497 e. The highest BCUT2D eigenvalue weighted by molar-refractivity contribution is 7.09. The molecular formula is C21H24N2O3S. The third kappa shape index (κ3) is 5.44. The fourth-order valence-electron chi connectivity index (χ4n) is 2.80. The van der Waals surface area contributed by atoms with Gasteiger partial charge in [0.15, 0.2) is 0 Å². The van der Waals surface area contributed by atoms with Crippen molar-refractivity contribution < 1.29 is 14.3 Å². The predicted molar refractivity (Wildman–Crippen MR) is 108 cm³/mol. The Labute approximate surface area is 163 Å². The molecule has 1 aliphatic carbocycles. The van der Waals surface area contributed by atoms with E-state index >= 15 is 0 Å². The van der Waals surface area contributed by atoms with Crippen molar-refractivity contribution in [1.82, 2.24) is 10.2 Å². The first-order chi connectivity index (χ1) is 13.1. The summed E-state index contributed by atoms with van der Waals surface area (Å²) in [6, 6.07) is 11.2. The van der Waals surface area contributed by atoms with Crippen LogP contribution in [0, 0.1) is 0 Å². The van der Waals surface area contributed by atoms with E-state index in [4.69, 9.17) is 4.74 Å². The van der Waals surface area contributed by atoms with E-state index < -0.39 is 6.04 Å². The van der Waals surface area contributed by atoms with E-state index in [1.165, 1.54) is 6.08 Å². The Balaban J connectivity index is 1.55. The lowest BCUT2D eigenvalue weighted by Crippen LogP contribution is -2.47. The van der Waals surface area contributed by atoms with E-state index in [-0.39, 0.29) is 11.8 Å². The Morgan fingerprint density at radius 3 is 2.63 bits per heavy atom. The summed E-state index contributed by atoms with van der Waals surface area (Å²) in [6.07, 6.45) is 5.24. The van der Waals surface area contributed by atoms with Crippen molar-refractivity contribution in [2.75, 3.05) is 7.11 Å². The molecule has 1 aromatic heterocycles. The van der Waals surface area contributed by atoms with Gasteiger partial charge >= 0.3 is 0 Å². The highest BCUT2D eigenvalue weighted by Crippen LogP contribution is 2.29. The van der Waals surface area contributed by atoms with Crippen LogP contribution in [0.2, 0.25) is 0 Å². The van der Waals surface area contributed by atoms with Crippen LogP contribution in [0.25, 0.3) is 6.08 Å². The van der Waals surface area contributed by atoms with E-state index in [0.717, 1.165) is 29.0 Å². The maximum absolute atomic E-state index is 12.8. The van der Waals surface area contributed by atoms with Gasteiger partial charge < -0.3 is 15.0 Å². The molecule has 1 unspecified atom stereocenters. The summed E-state index contributed by atoms with van der Waals surface area (Å²) in [7, 11) is 1.61. The maximum Gasteiger partial charge on any atom is 0.245 e. The molecule has 0 spiro atoms. The molecule has 2 amide bonds. The number of amides is 2. The zero-order chi connectivity index (χ0) is 19.2. The van der Waals surface area contributed by atoms with E-state index in [9.17, 15) is 9.59 Å².